The van der Waals surface area contributed by atoms with Crippen molar-refractivity contribution < 1.29 is 14.3 Å². The molecule has 2 aromatic heterocycles. The number of nitrogens with zero attached hydrogens (tertiary/aromatic N) is 6. The van der Waals surface area contributed by atoms with Gasteiger partial charge in [0.1, 0.15) is 5.75 Å². The van der Waals surface area contributed by atoms with Crippen LogP contribution in [0.1, 0.15) is 28.9 Å². The Morgan fingerprint density at radius 1 is 1.38 bits per heavy atom. The number of methoxy groups -OCH3 is 1. The molecule has 0 spiro atoms. The molecule has 1 aliphatic rings. The minimum absolute atomic E-state index is 0.153. The summed E-state index contributed by atoms with van der Waals surface area (Å²) in [6.07, 6.45) is 7.56. The number of benzene rings is 1. The molecule has 1 saturated heterocycles. The topological polar surface area (TPSA) is 87.3 Å². The fourth-order valence-electron chi connectivity index (χ4n) is 3.36. The summed E-state index contributed by atoms with van der Waals surface area (Å²) in [5.41, 5.74) is 2.13. The van der Waals surface area contributed by atoms with E-state index in [0.717, 1.165) is 36.4 Å². The van der Waals surface area contributed by atoms with Gasteiger partial charge in [0.05, 0.1) is 37.8 Å². The maximum atomic E-state index is 12.7. The highest BCUT2D eigenvalue weighted by atomic mass is 16.5. The van der Waals surface area contributed by atoms with E-state index in [0.29, 0.717) is 18.8 Å². The zero-order valence-electron chi connectivity index (χ0n) is 16.6. The molecule has 9 nitrogen and oxygen atoms in total. The van der Waals surface area contributed by atoms with Crippen molar-refractivity contribution in [1.29, 1.82) is 0 Å². The minimum Gasteiger partial charge on any atom is -0.497 e. The number of carbonyl (C=O) groups excluding carboxylic acids is 1. The molecule has 0 N–H and O–H groups in total. The largest absolute Gasteiger partial charge is 0.497 e. The standard InChI is InChI=1S/C20H24N6O3/c1-24(20(27)19-14-25(23-22-19)13-18-7-4-8-29-18)11-15-10-21-26(12-15)16-5-3-6-17(9-16)28-2/h3,5-6,9-10,12,14,18H,4,7-8,11,13H2,1-2H3/t18-/m0/s1. The Kier molecular flexibility index (Phi) is 5.57. The van der Waals surface area contributed by atoms with Gasteiger partial charge in [-0.1, -0.05) is 11.3 Å². The molecule has 0 bridgehead atoms. The molecule has 0 saturated carbocycles. The molecular formula is C20H24N6O3. The van der Waals surface area contributed by atoms with Gasteiger partial charge in [-0.3, -0.25) is 4.79 Å². The van der Waals surface area contributed by atoms with Crippen LogP contribution in [0.15, 0.2) is 42.9 Å². The van der Waals surface area contributed by atoms with E-state index in [1.807, 2.05) is 30.5 Å². The second-order valence-corrected chi connectivity index (χ2v) is 7.12. The van der Waals surface area contributed by atoms with Crippen molar-refractivity contribution in [1.82, 2.24) is 29.7 Å². The molecule has 4 rings (SSSR count). The maximum Gasteiger partial charge on any atom is 0.276 e. The molecule has 1 fully saturated rings. The molecule has 1 aliphatic heterocycles. The molecule has 3 heterocycles. The number of aromatic nitrogens is 5. The Bertz CT molecular complexity index is 976. The summed E-state index contributed by atoms with van der Waals surface area (Å²) >= 11 is 0. The van der Waals surface area contributed by atoms with E-state index in [1.54, 1.807) is 40.8 Å². The lowest BCUT2D eigenvalue weighted by atomic mass is 10.2. The Hall–Kier alpha value is -3.20. The zero-order valence-corrected chi connectivity index (χ0v) is 16.6. The second-order valence-electron chi connectivity index (χ2n) is 7.12. The second kappa shape index (κ2) is 8.44. The molecule has 9 heteroatoms. The lowest BCUT2D eigenvalue weighted by Gasteiger charge is -2.14. The number of ether oxygens (including phenoxy) is 2. The van der Waals surface area contributed by atoms with Crippen LogP contribution in [0.3, 0.4) is 0 Å². The molecule has 152 valence electrons. The van der Waals surface area contributed by atoms with Crippen LogP contribution >= 0.6 is 0 Å². The Morgan fingerprint density at radius 2 is 2.28 bits per heavy atom. The molecule has 0 radical (unpaired) electrons. The monoisotopic (exact) mass is 396 g/mol. The fraction of sp³-hybridized carbons (Fsp3) is 0.400. The van der Waals surface area contributed by atoms with Crippen LogP contribution in [0.5, 0.6) is 5.75 Å². The van der Waals surface area contributed by atoms with E-state index in [2.05, 4.69) is 15.4 Å². The summed E-state index contributed by atoms with van der Waals surface area (Å²) < 4.78 is 14.3. The third-order valence-corrected chi connectivity index (χ3v) is 4.89. The smallest absolute Gasteiger partial charge is 0.276 e. The van der Waals surface area contributed by atoms with Gasteiger partial charge in [-0.25, -0.2) is 9.36 Å². The van der Waals surface area contributed by atoms with Gasteiger partial charge in [0, 0.05) is 38.0 Å². The maximum absolute atomic E-state index is 12.7. The first kappa shape index (κ1) is 19.1. The van der Waals surface area contributed by atoms with Crippen molar-refractivity contribution in [3.63, 3.8) is 0 Å². The summed E-state index contributed by atoms with van der Waals surface area (Å²) in [4.78, 5) is 14.3. The van der Waals surface area contributed by atoms with Crippen molar-refractivity contribution in [2.24, 2.45) is 0 Å². The summed E-state index contributed by atoms with van der Waals surface area (Å²) in [7, 11) is 3.37. The first-order chi connectivity index (χ1) is 14.1. The van der Waals surface area contributed by atoms with Crippen LogP contribution < -0.4 is 4.74 Å². The number of carbonyl (C=O) groups is 1. The SMILES string of the molecule is COc1cccc(-n2cc(CN(C)C(=O)c3cn(C[C@@H]4CCCO4)nn3)cn2)c1. The van der Waals surface area contributed by atoms with Gasteiger partial charge in [0.25, 0.3) is 5.91 Å². The van der Waals surface area contributed by atoms with Crippen molar-refractivity contribution in [3.8, 4) is 11.4 Å². The number of hydrogen-bond acceptors (Lipinski definition) is 6. The normalized spacial score (nSPS) is 16.1. The number of rotatable bonds is 7. The van der Waals surface area contributed by atoms with E-state index < -0.39 is 0 Å². The molecule has 1 amide bonds. The molecule has 3 aromatic rings. The zero-order chi connectivity index (χ0) is 20.2. The van der Waals surface area contributed by atoms with Crippen LogP contribution in [0, 0.1) is 0 Å². The molecule has 0 unspecified atom stereocenters. The highest BCUT2D eigenvalue weighted by molar-refractivity contribution is 5.91. The van der Waals surface area contributed by atoms with Gasteiger partial charge in [-0.2, -0.15) is 5.10 Å². The molecule has 1 aromatic carbocycles. The summed E-state index contributed by atoms with van der Waals surface area (Å²) in [5.74, 6) is 0.579. The van der Waals surface area contributed by atoms with Crippen LogP contribution in [0.4, 0.5) is 0 Å². The van der Waals surface area contributed by atoms with Gasteiger partial charge in [-0.15, -0.1) is 5.10 Å². The third-order valence-electron chi connectivity index (χ3n) is 4.89. The first-order valence-corrected chi connectivity index (χ1v) is 9.57. The van der Waals surface area contributed by atoms with Crippen LogP contribution in [0.25, 0.3) is 5.69 Å². The first-order valence-electron chi connectivity index (χ1n) is 9.57. The summed E-state index contributed by atoms with van der Waals surface area (Å²) in [5, 5.41) is 12.5. The van der Waals surface area contributed by atoms with E-state index >= 15 is 0 Å². The van der Waals surface area contributed by atoms with Gasteiger partial charge in [0.15, 0.2) is 5.69 Å². The highest BCUT2D eigenvalue weighted by Crippen LogP contribution is 2.17. The van der Waals surface area contributed by atoms with E-state index in [-0.39, 0.29) is 12.0 Å². The Morgan fingerprint density at radius 3 is 3.07 bits per heavy atom. The molecule has 0 aliphatic carbocycles. The van der Waals surface area contributed by atoms with Gasteiger partial charge >= 0.3 is 0 Å². The van der Waals surface area contributed by atoms with E-state index in [1.165, 1.54) is 0 Å². The highest BCUT2D eigenvalue weighted by Gasteiger charge is 2.20. The van der Waals surface area contributed by atoms with Crippen molar-refractivity contribution in [2.45, 2.75) is 32.0 Å². The fourth-order valence-corrected chi connectivity index (χ4v) is 3.36. The van der Waals surface area contributed by atoms with Gasteiger partial charge < -0.3 is 14.4 Å². The quantitative estimate of drug-likeness (QED) is 0.606. The average molecular weight is 396 g/mol. The molecular weight excluding hydrogens is 372 g/mol. The Balaban J connectivity index is 1.39. The van der Waals surface area contributed by atoms with Crippen molar-refractivity contribution in [3.05, 3.63) is 54.1 Å². The van der Waals surface area contributed by atoms with Crippen molar-refractivity contribution in [2.75, 3.05) is 20.8 Å². The van der Waals surface area contributed by atoms with E-state index in [9.17, 15) is 4.79 Å². The minimum atomic E-state index is -0.183. The van der Waals surface area contributed by atoms with E-state index in [4.69, 9.17) is 9.47 Å². The van der Waals surface area contributed by atoms with Crippen LogP contribution in [0.2, 0.25) is 0 Å². The van der Waals surface area contributed by atoms with Crippen LogP contribution in [-0.2, 0) is 17.8 Å². The number of amides is 1. The summed E-state index contributed by atoms with van der Waals surface area (Å²) in [6, 6.07) is 7.63. The van der Waals surface area contributed by atoms with Gasteiger partial charge in [-0.05, 0) is 25.0 Å². The molecule has 1 atom stereocenters. The lowest BCUT2D eigenvalue weighted by Crippen LogP contribution is -2.26. The predicted molar refractivity (Wildman–Crippen MR) is 105 cm³/mol. The summed E-state index contributed by atoms with van der Waals surface area (Å²) in [6.45, 7) is 1.83. The third kappa shape index (κ3) is 4.45. The number of hydrogen-bond donors (Lipinski definition) is 0. The van der Waals surface area contributed by atoms with Gasteiger partial charge in [0.2, 0.25) is 0 Å². The predicted octanol–water partition coefficient (Wildman–Crippen LogP) is 1.92. The lowest BCUT2D eigenvalue weighted by molar-refractivity contribution is 0.0778. The average Bonchev–Trinajstić information content (AvgIpc) is 3.50. The van der Waals surface area contributed by atoms with Crippen molar-refractivity contribution >= 4 is 5.91 Å². The molecule has 29 heavy (non-hydrogen) atoms. The Labute approximate surface area is 168 Å². The van der Waals surface area contributed by atoms with Crippen LogP contribution in [-0.4, -0.2) is 62.4 Å².